The molecule has 0 saturated carbocycles. The van der Waals surface area contributed by atoms with Crippen LogP contribution in [-0.4, -0.2) is 90.6 Å². The molecule has 3 aromatic carbocycles. The predicted molar refractivity (Wildman–Crippen MR) is 194 cm³/mol. The lowest BCUT2D eigenvalue weighted by Gasteiger charge is -2.29. The van der Waals surface area contributed by atoms with Gasteiger partial charge in [-0.3, -0.25) is 25.3 Å². The minimum atomic E-state index is -0.690. The molecule has 0 radical (unpaired) electrons. The van der Waals surface area contributed by atoms with Gasteiger partial charge in [0.05, 0.1) is 17.7 Å². The third kappa shape index (κ3) is 6.59. The predicted octanol–water partition coefficient (Wildman–Crippen LogP) is 4.56. The van der Waals surface area contributed by atoms with E-state index in [-0.39, 0.29) is 30.0 Å². The van der Waals surface area contributed by atoms with Gasteiger partial charge in [-0.05, 0) is 85.5 Å². The molecule has 1 spiro atoms. The molecule has 2 fully saturated rings. The summed E-state index contributed by atoms with van der Waals surface area (Å²) in [5, 5.41) is 19.2. The van der Waals surface area contributed by atoms with Crippen molar-refractivity contribution in [1.29, 1.82) is 10.8 Å². The standard InChI is InChI=1S/C38H40N8O5/c1-23-43-31-19-27(7-10-32(31)50-23)34(40)29-20-28(8-9-30(29)39)46-18-14-38(36(46)48)13-17-44(22-38)21-33(47)45-15-11-25(12-16-45)24-3-5-26(6-4-24)35(41)51-37(49)42-2/h3-11,19-20,40-41H,12-18,21-22,39H2,1-2H3,(H,42,49)/t38-/m0/s1. The zero-order chi connectivity index (χ0) is 35.9. The van der Waals surface area contributed by atoms with Crippen LogP contribution in [0.1, 0.15) is 47.4 Å². The molecule has 51 heavy (non-hydrogen) atoms. The molecule has 2 saturated heterocycles. The first-order valence-electron chi connectivity index (χ1n) is 17.0. The van der Waals surface area contributed by atoms with E-state index in [9.17, 15) is 14.4 Å². The number of amides is 3. The Morgan fingerprint density at radius 3 is 2.53 bits per heavy atom. The number of ether oxygens (including phenoxy) is 1. The topological polar surface area (TPSA) is 182 Å². The van der Waals surface area contributed by atoms with E-state index in [0.29, 0.717) is 97.0 Å². The monoisotopic (exact) mass is 688 g/mol. The highest BCUT2D eigenvalue weighted by Crippen LogP contribution is 2.43. The van der Waals surface area contributed by atoms with Gasteiger partial charge in [0.2, 0.25) is 17.7 Å². The van der Waals surface area contributed by atoms with Crippen molar-refractivity contribution in [1.82, 2.24) is 20.1 Å². The van der Waals surface area contributed by atoms with Crippen LogP contribution < -0.4 is 16.0 Å². The quantitative estimate of drug-likeness (QED) is 0.124. The largest absolute Gasteiger partial charge is 0.441 e. The summed E-state index contributed by atoms with van der Waals surface area (Å²) in [4.78, 5) is 48.9. The van der Waals surface area contributed by atoms with Crippen molar-refractivity contribution in [2.75, 3.05) is 56.9 Å². The number of hydrogen-bond acceptors (Lipinski definition) is 10. The molecule has 3 aliphatic rings. The van der Waals surface area contributed by atoms with Gasteiger partial charge >= 0.3 is 6.09 Å². The first-order valence-corrected chi connectivity index (χ1v) is 17.0. The van der Waals surface area contributed by atoms with Crippen LogP contribution in [0.5, 0.6) is 0 Å². The minimum Gasteiger partial charge on any atom is -0.441 e. The molecule has 0 unspecified atom stereocenters. The van der Waals surface area contributed by atoms with Gasteiger partial charge in [-0.25, -0.2) is 9.78 Å². The van der Waals surface area contributed by atoms with Gasteiger partial charge in [-0.2, -0.15) is 0 Å². The van der Waals surface area contributed by atoms with Gasteiger partial charge in [0, 0.05) is 68.2 Å². The zero-order valence-electron chi connectivity index (χ0n) is 28.6. The highest BCUT2D eigenvalue weighted by molar-refractivity contribution is 6.15. The van der Waals surface area contributed by atoms with Crippen LogP contribution in [0, 0.1) is 23.2 Å². The summed E-state index contributed by atoms with van der Waals surface area (Å²) >= 11 is 0. The zero-order valence-corrected chi connectivity index (χ0v) is 28.6. The number of oxazole rings is 1. The SMILES string of the molecule is CNC(=O)OC(=N)c1ccc(C2=CCN(C(=O)CN3CC[C@]4(CCN(c5ccc(N)c(C(=N)c6ccc7oc(C)nc7c6)c5)C4=O)C3)CC2)cc1. The van der Waals surface area contributed by atoms with Crippen LogP contribution in [0.3, 0.4) is 0 Å². The number of nitrogens with two attached hydrogens (primary N) is 1. The van der Waals surface area contributed by atoms with Crippen LogP contribution in [0.15, 0.2) is 71.2 Å². The number of alkyl carbamates (subject to hydrolysis) is 1. The fourth-order valence-corrected chi connectivity index (χ4v) is 7.31. The van der Waals surface area contributed by atoms with E-state index in [2.05, 4.69) is 21.3 Å². The lowest BCUT2D eigenvalue weighted by Crippen LogP contribution is -2.43. The Morgan fingerprint density at radius 1 is 1.02 bits per heavy atom. The molecule has 3 aliphatic heterocycles. The number of carbonyl (C=O) groups is 3. The molecule has 1 atom stereocenters. The second kappa shape index (κ2) is 13.5. The maximum absolute atomic E-state index is 14.0. The molecule has 1 aromatic heterocycles. The summed E-state index contributed by atoms with van der Waals surface area (Å²) in [6.45, 7) is 4.90. The number of rotatable bonds is 7. The molecule has 0 aliphatic carbocycles. The Morgan fingerprint density at radius 2 is 1.78 bits per heavy atom. The fraction of sp³-hybridized carbons (Fsp3) is 0.316. The second-order valence-electron chi connectivity index (χ2n) is 13.4. The summed E-state index contributed by atoms with van der Waals surface area (Å²) in [5.74, 6) is 0.420. The third-order valence-electron chi connectivity index (χ3n) is 10.2. The highest BCUT2D eigenvalue weighted by Gasteiger charge is 2.51. The molecule has 4 heterocycles. The number of carbonyl (C=O) groups excluding carboxylic acids is 3. The summed E-state index contributed by atoms with van der Waals surface area (Å²) in [6.07, 6.45) is 3.45. The summed E-state index contributed by atoms with van der Waals surface area (Å²) in [6, 6.07) is 18.1. The molecular weight excluding hydrogens is 648 g/mol. The smallest absolute Gasteiger partial charge is 0.413 e. The number of nitrogen functional groups attached to an aromatic ring is 1. The number of nitrogens with one attached hydrogen (secondary N) is 3. The Kier molecular flexibility index (Phi) is 8.90. The van der Waals surface area contributed by atoms with E-state index in [0.717, 1.165) is 11.1 Å². The summed E-state index contributed by atoms with van der Waals surface area (Å²) in [7, 11) is 1.44. The van der Waals surface area contributed by atoms with Crippen LogP contribution in [0.2, 0.25) is 0 Å². The maximum atomic E-state index is 14.0. The number of aryl methyl sites for hydroxylation is 1. The Balaban J connectivity index is 0.955. The molecule has 13 heteroatoms. The average Bonchev–Trinajstić information content (AvgIpc) is 3.83. The second-order valence-corrected chi connectivity index (χ2v) is 13.4. The third-order valence-corrected chi connectivity index (χ3v) is 10.2. The maximum Gasteiger partial charge on any atom is 0.413 e. The highest BCUT2D eigenvalue weighted by atomic mass is 16.6. The number of aromatic nitrogens is 1. The van der Waals surface area contributed by atoms with Crippen molar-refractivity contribution in [3.8, 4) is 0 Å². The molecule has 4 aromatic rings. The van der Waals surface area contributed by atoms with Gasteiger partial charge in [0.1, 0.15) is 5.52 Å². The lowest BCUT2D eigenvalue weighted by atomic mass is 9.85. The lowest BCUT2D eigenvalue weighted by molar-refractivity contribution is -0.132. The summed E-state index contributed by atoms with van der Waals surface area (Å²) < 4.78 is 10.5. The van der Waals surface area contributed by atoms with E-state index in [4.69, 9.17) is 25.7 Å². The van der Waals surface area contributed by atoms with Gasteiger partial charge in [-0.1, -0.05) is 18.2 Å². The van der Waals surface area contributed by atoms with Crippen molar-refractivity contribution in [2.45, 2.75) is 26.2 Å². The van der Waals surface area contributed by atoms with Gasteiger partial charge in [0.25, 0.3) is 0 Å². The summed E-state index contributed by atoms with van der Waals surface area (Å²) in [5.41, 5.74) is 12.3. The Bertz CT molecular complexity index is 2100. The van der Waals surface area contributed by atoms with Crippen LogP contribution in [-0.2, 0) is 14.3 Å². The molecule has 13 nitrogen and oxygen atoms in total. The van der Waals surface area contributed by atoms with Gasteiger partial charge in [-0.15, -0.1) is 0 Å². The van der Waals surface area contributed by atoms with E-state index < -0.39 is 11.5 Å². The normalized spacial score (nSPS) is 19.1. The van der Waals surface area contributed by atoms with Crippen molar-refractivity contribution in [2.24, 2.45) is 5.41 Å². The van der Waals surface area contributed by atoms with E-state index in [1.54, 1.807) is 36.1 Å². The molecule has 262 valence electrons. The number of nitrogens with zero attached hydrogens (tertiary/aromatic N) is 4. The number of likely N-dealkylation sites (tertiary alicyclic amines) is 1. The number of benzene rings is 3. The van der Waals surface area contributed by atoms with Crippen LogP contribution >= 0.6 is 0 Å². The molecular formula is C38H40N8O5. The number of anilines is 2. The number of fused-ring (bicyclic) bond motifs is 1. The van der Waals surface area contributed by atoms with Crippen LogP contribution in [0.4, 0.5) is 16.2 Å². The average molecular weight is 689 g/mol. The first-order chi connectivity index (χ1) is 24.5. The Hall–Kier alpha value is -5.82. The van der Waals surface area contributed by atoms with Crippen molar-refractivity contribution in [3.63, 3.8) is 0 Å². The molecule has 7 rings (SSSR count). The van der Waals surface area contributed by atoms with Crippen LogP contribution in [0.25, 0.3) is 16.7 Å². The molecule has 5 N–H and O–H groups in total. The first kappa shape index (κ1) is 33.7. The van der Waals surface area contributed by atoms with Gasteiger partial charge in [0.15, 0.2) is 11.5 Å². The molecule has 3 amide bonds. The van der Waals surface area contributed by atoms with Gasteiger partial charge < -0.3 is 30.0 Å². The molecule has 0 bridgehead atoms. The van der Waals surface area contributed by atoms with Crippen molar-refractivity contribution < 1.29 is 23.5 Å². The van der Waals surface area contributed by atoms with Crippen molar-refractivity contribution >= 4 is 57.6 Å². The van der Waals surface area contributed by atoms with E-state index in [1.807, 2.05) is 41.3 Å². The fourth-order valence-electron chi connectivity index (χ4n) is 7.31. The Labute approximate surface area is 295 Å². The number of hydrogen-bond donors (Lipinski definition) is 4. The van der Waals surface area contributed by atoms with E-state index in [1.165, 1.54) is 7.05 Å². The van der Waals surface area contributed by atoms with E-state index >= 15 is 0 Å². The minimum absolute atomic E-state index is 0.0421. The van der Waals surface area contributed by atoms with Crippen molar-refractivity contribution in [3.05, 3.63) is 94.9 Å².